The van der Waals surface area contributed by atoms with Crippen LogP contribution < -0.4 is 0 Å². The van der Waals surface area contributed by atoms with Crippen molar-refractivity contribution in [1.29, 1.82) is 0 Å². The molecule has 0 spiro atoms. The van der Waals surface area contributed by atoms with Gasteiger partial charge in [0.05, 0.1) is 12.7 Å². The number of ether oxygens (including phenoxy) is 1. The second-order valence-corrected chi connectivity index (χ2v) is 4.98. The minimum absolute atomic E-state index is 0.301. The maximum Gasteiger partial charge on any atom is 0.0654 e. The molecule has 1 aromatic carbocycles. The Morgan fingerprint density at radius 3 is 2.44 bits per heavy atom. The number of rotatable bonds is 8. The van der Waals surface area contributed by atoms with Gasteiger partial charge in [-0.3, -0.25) is 0 Å². The second-order valence-electron chi connectivity index (χ2n) is 4.98. The van der Waals surface area contributed by atoms with Crippen molar-refractivity contribution in [2.75, 3.05) is 6.61 Å². The van der Waals surface area contributed by atoms with E-state index >= 15 is 0 Å². The SMILES string of the molecule is CCCCCc1ccc(C=CCOC(C)C)cc1. The summed E-state index contributed by atoms with van der Waals surface area (Å²) < 4.78 is 5.47. The van der Waals surface area contributed by atoms with Gasteiger partial charge in [0.2, 0.25) is 0 Å². The number of unbranched alkanes of at least 4 members (excludes halogenated alkanes) is 2. The van der Waals surface area contributed by atoms with E-state index in [1.54, 1.807) is 0 Å². The van der Waals surface area contributed by atoms with Gasteiger partial charge in [0.25, 0.3) is 0 Å². The number of aryl methyl sites for hydroxylation is 1. The first-order valence-electron chi connectivity index (χ1n) is 7.09. The summed E-state index contributed by atoms with van der Waals surface area (Å²) in [6, 6.07) is 8.84. The monoisotopic (exact) mass is 246 g/mol. The normalized spacial score (nSPS) is 11.6. The second kappa shape index (κ2) is 8.93. The Kier molecular flexibility index (Phi) is 7.43. The average molecular weight is 246 g/mol. The molecule has 0 radical (unpaired) electrons. The minimum Gasteiger partial charge on any atom is -0.375 e. The van der Waals surface area contributed by atoms with E-state index in [1.807, 2.05) is 0 Å². The highest BCUT2D eigenvalue weighted by Gasteiger charge is 1.93. The van der Waals surface area contributed by atoms with Gasteiger partial charge >= 0.3 is 0 Å². The van der Waals surface area contributed by atoms with Crippen LogP contribution >= 0.6 is 0 Å². The summed E-state index contributed by atoms with van der Waals surface area (Å²) >= 11 is 0. The van der Waals surface area contributed by atoms with Crippen LogP contribution in [-0.4, -0.2) is 12.7 Å². The largest absolute Gasteiger partial charge is 0.375 e. The molecule has 18 heavy (non-hydrogen) atoms. The number of hydrogen-bond acceptors (Lipinski definition) is 1. The lowest BCUT2D eigenvalue weighted by Gasteiger charge is -2.03. The molecule has 1 aromatic rings. The van der Waals surface area contributed by atoms with E-state index in [0.29, 0.717) is 12.7 Å². The van der Waals surface area contributed by atoms with Gasteiger partial charge in [-0.25, -0.2) is 0 Å². The molecule has 100 valence electrons. The van der Waals surface area contributed by atoms with E-state index < -0.39 is 0 Å². The van der Waals surface area contributed by atoms with Crippen molar-refractivity contribution in [3.8, 4) is 0 Å². The van der Waals surface area contributed by atoms with E-state index in [0.717, 1.165) is 0 Å². The lowest BCUT2D eigenvalue weighted by atomic mass is 10.1. The van der Waals surface area contributed by atoms with E-state index in [4.69, 9.17) is 4.74 Å². The third kappa shape index (κ3) is 6.61. The van der Waals surface area contributed by atoms with Gasteiger partial charge in [0.15, 0.2) is 0 Å². The van der Waals surface area contributed by atoms with Crippen LogP contribution in [0.25, 0.3) is 6.08 Å². The fourth-order valence-corrected chi connectivity index (χ4v) is 1.81. The van der Waals surface area contributed by atoms with E-state index in [2.05, 4.69) is 57.2 Å². The molecule has 0 N–H and O–H groups in total. The number of hydrogen-bond donors (Lipinski definition) is 0. The smallest absolute Gasteiger partial charge is 0.0654 e. The Bertz CT molecular complexity index is 335. The first-order valence-corrected chi connectivity index (χ1v) is 7.09. The molecule has 0 aliphatic carbocycles. The maximum absolute atomic E-state index is 5.47. The standard InChI is InChI=1S/C17H26O/c1-4-5-6-8-16-10-12-17(13-11-16)9-7-14-18-15(2)3/h7,9-13,15H,4-6,8,14H2,1-3H3. The summed E-state index contributed by atoms with van der Waals surface area (Å²) in [5.74, 6) is 0. The van der Waals surface area contributed by atoms with Crippen LogP contribution in [0.2, 0.25) is 0 Å². The molecule has 0 unspecified atom stereocenters. The molecule has 0 saturated carbocycles. The highest BCUT2D eigenvalue weighted by atomic mass is 16.5. The molecule has 0 amide bonds. The van der Waals surface area contributed by atoms with Crippen molar-refractivity contribution < 1.29 is 4.74 Å². The van der Waals surface area contributed by atoms with E-state index in [-0.39, 0.29) is 0 Å². The Morgan fingerprint density at radius 1 is 1.11 bits per heavy atom. The van der Waals surface area contributed by atoms with E-state index in [1.165, 1.54) is 36.8 Å². The molecule has 0 heterocycles. The molecule has 0 aromatic heterocycles. The van der Waals surface area contributed by atoms with Crippen LogP contribution in [0.5, 0.6) is 0 Å². The zero-order valence-corrected chi connectivity index (χ0v) is 12.0. The van der Waals surface area contributed by atoms with Gasteiger partial charge < -0.3 is 4.74 Å². The average Bonchev–Trinajstić information content (AvgIpc) is 2.36. The summed E-state index contributed by atoms with van der Waals surface area (Å²) in [5, 5.41) is 0. The van der Waals surface area contributed by atoms with Gasteiger partial charge in [-0.15, -0.1) is 0 Å². The molecule has 1 rings (SSSR count). The van der Waals surface area contributed by atoms with Crippen molar-refractivity contribution in [2.24, 2.45) is 0 Å². The predicted octanol–water partition coefficient (Wildman–Crippen LogP) is 4.86. The van der Waals surface area contributed by atoms with Crippen LogP contribution in [0, 0.1) is 0 Å². The summed E-state index contributed by atoms with van der Waals surface area (Å²) in [6.45, 7) is 7.04. The van der Waals surface area contributed by atoms with Crippen LogP contribution in [0.15, 0.2) is 30.3 Å². The molecule has 1 nitrogen and oxygen atoms in total. The molecule has 0 bridgehead atoms. The van der Waals surface area contributed by atoms with Crippen molar-refractivity contribution in [2.45, 2.75) is 52.6 Å². The quantitative estimate of drug-likeness (QED) is 0.595. The lowest BCUT2D eigenvalue weighted by molar-refractivity contribution is 0.103. The first-order chi connectivity index (χ1) is 8.72. The zero-order valence-electron chi connectivity index (χ0n) is 12.0. The van der Waals surface area contributed by atoms with E-state index in [9.17, 15) is 0 Å². The Labute approximate surface area is 112 Å². The highest BCUT2D eigenvalue weighted by molar-refractivity contribution is 5.49. The fourth-order valence-electron chi connectivity index (χ4n) is 1.81. The molecule has 0 aliphatic heterocycles. The molecule has 0 aliphatic rings. The minimum atomic E-state index is 0.301. The van der Waals surface area contributed by atoms with Crippen molar-refractivity contribution in [3.63, 3.8) is 0 Å². The Morgan fingerprint density at radius 2 is 1.83 bits per heavy atom. The summed E-state index contributed by atoms with van der Waals surface area (Å²) in [5.41, 5.74) is 2.70. The maximum atomic E-state index is 5.47. The summed E-state index contributed by atoms with van der Waals surface area (Å²) in [4.78, 5) is 0. The first kappa shape index (κ1) is 15.0. The molecule has 0 atom stereocenters. The Balaban J connectivity index is 2.35. The topological polar surface area (TPSA) is 9.23 Å². The van der Waals surface area contributed by atoms with Gasteiger partial charge in [0, 0.05) is 0 Å². The van der Waals surface area contributed by atoms with Crippen LogP contribution in [-0.2, 0) is 11.2 Å². The van der Waals surface area contributed by atoms with Crippen LogP contribution in [0.4, 0.5) is 0 Å². The predicted molar refractivity (Wildman–Crippen MR) is 79.8 cm³/mol. The third-order valence-electron chi connectivity index (χ3n) is 2.88. The molecule has 0 saturated heterocycles. The van der Waals surface area contributed by atoms with Gasteiger partial charge in [-0.2, -0.15) is 0 Å². The van der Waals surface area contributed by atoms with Gasteiger partial charge in [-0.05, 0) is 37.8 Å². The third-order valence-corrected chi connectivity index (χ3v) is 2.88. The van der Waals surface area contributed by atoms with Crippen molar-refractivity contribution in [3.05, 3.63) is 41.5 Å². The Hall–Kier alpha value is -1.08. The number of benzene rings is 1. The van der Waals surface area contributed by atoms with Gasteiger partial charge in [0.1, 0.15) is 0 Å². The molecule has 0 fully saturated rings. The van der Waals surface area contributed by atoms with Crippen molar-refractivity contribution in [1.82, 2.24) is 0 Å². The highest BCUT2D eigenvalue weighted by Crippen LogP contribution is 2.10. The molecular weight excluding hydrogens is 220 g/mol. The molecule has 1 heteroatoms. The van der Waals surface area contributed by atoms with Crippen LogP contribution in [0.3, 0.4) is 0 Å². The zero-order chi connectivity index (χ0) is 13.2. The summed E-state index contributed by atoms with van der Waals surface area (Å²) in [6.07, 6.45) is 9.62. The lowest BCUT2D eigenvalue weighted by Crippen LogP contribution is -2.01. The van der Waals surface area contributed by atoms with Gasteiger partial charge in [-0.1, -0.05) is 56.2 Å². The molecular formula is C17H26O. The summed E-state index contributed by atoms with van der Waals surface area (Å²) in [7, 11) is 0. The van der Waals surface area contributed by atoms with Crippen LogP contribution in [0.1, 0.15) is 51.2 Å². The fraction of sp³-hybridized carbons (Fsp3) is 0.529. The van der Waals surface area contributed by atoms with Crippen molar-refractivity contribution >= 4 is 6.08 Å².